The van der Waals surface area contributed by atoms with Crippen LogP contribution in [0.2, 0.25) is 0 Å². The Hall–Kier alpha value is -2.60. The highest BCUT2D eigenvalue weighted by atomic mass is 32.2. The Kier molecular flexibility index (Phi) is 6.84. The smallest absolute Gasteiger partial charge is 0.353 e. The van der Waals surface area contributed by atoms with E-state index in [1.165, 1.54) is 21.6 Å². The van der Waals surface area contributed by atoms with Crippen molar-refractivity contribution in [3.05, 3.63) is 10.6 Å². The van der Waals surface area contributed by atoms with Crippen LogP contribution in [0.15, 0.2) is 10.6 Å². The molecule has 5 N–H and O–H groups in total. The molecule has 0 aromatic carbocycles. The van der Waals surface area contributed by atoms with E-state index in [0.717, 1.165) is 0 Å². The molecular weight excluding hydrogens is 438 g/mol. The zero-order valence-corrected chi connectivity index (χ0v) is 19.3. The fourth-order valence-corrected chi connectivity index (χ4v) is 6.20. The third-order valence-electron chi connectivity index (χ3n) is 6.18. The Balaban J connectivity index is 1.73. The molecule has 0 spiro atoms. The Labute approximate surface area is 190 Å². The highest BCUT2D eigenvalue weighted by molar-refractivity contribution is 8.03. The van der Waals surface area contributed by atoms with E-state index in [1.807, 2.05) is 6.92 Å². The van der Waals surface area contributed by atoms with Crippen molar-refractivity contribution in [1.82, 2.24) is 20.4 Å². The summed E-state index contributed by atoms with van der Waals surface area (Å²) in [4.78, 5) is 63.4. The number of nitrogens with zero attached hydrogens (tertiary/aromatic N) is 2. The van der Waals surface area contributed by atoms with Crippen LogP contribution in [0.25, 0.3) is 0 Å². The zero-order chi connectivity index (χ0) is 23.9. The molecule has 0 aromatic rings. The first-order valence-corrected chi connectivity index (χ1v) is 11.3. The number of aliphatic carboxylic acids is 1. The summed E-state index contributed by atoms with van der Waals surface area (Å²) in [6.45, 7) is 4.09. The van der Waals surface area contributed by atoms with E-state index in [-0.39, 0.29) is 34.7 Å². The van der Waals surface area contributed by atoms with Crippen LogP contribution in [0.4, 0.5) is 0 Å². The second-order valence-corrected chi connectivity index (χ2v) is 10.0. The van der Waals surface area contributed by atoms with Crippen molar-refractivity contribution in [2.75, 3.05) is 20.6 Å². The highest BCUT2D eigenvalue weighted by Gasteiger charge is 2.60. The Morgan fingerprint density at radius 2 is 2.00 bits per heavy atom. The first-order valence-electron chi connectivity index (χ1n) is 10.4. The van der Waals surface area contributed by atoms with Gasteiger partial charge in [-0.15, -0.1) is 11.8 Å². The minimum Gasteiger partial charge on any atom is -0.477 e. The molecule has 4 amide bonds. The predicted octanol–water partition coefficient (Wildman–Crippen LogP) is -1.31. The van der Waals surface area contributed by atoms with Crippen molar-refractivity contribution in [3.8, 4) is 0 Å². The maximum absolute atomic E-state index is 12.9. The second kappa shape index (κ2) is 9.10. The molecule has 0 saturated carbocycles. The normalized spacial score (nSPS) is 29.9. The van der Waals surface area contributed by atoms with Crippen LogP contribution in [-0.4, -0.2) is 88.5 Å². The molecule has 12 heteroatoms. The van der Waals surface area contributed by atoms with Gasteiger partial charge < -0.3 is 31.3 Å². The van der Waals surface area contributed by atoms with Crippen molar-refractivity contribution >= 4 is 41.4 Å². The molecule has 11 nitrogen and oxygen atoms in total. The van der Waals surface area contributed by atoms with Crippen molar-refractivity contribution in [1.29, 1.82) is 0 Å². The SMILES string of the molecule is CC1C(S[C@@H]2CNC(C(=O)N(C)C)C2)=C(C(=O)O)N2C(=O)[C@H]([C@@H](C)NC(=O)CC(N)=O)[C@@H]12. The molecule has 6 atom stereocenters. The van der Waals surface area contributed by atoms with Crippen LogP contribution >= 0.6 is 11.8 Å². The molecule has 2 fully saturated rings. The maximum Gasteiger partial charge on any atom is 0.353 e. The number of hydrogen-bond acceptors (Lipinski definition) is 7. The minimum atomic E-state index is -1.18. The van der Waals surface area contributed by atoms with Crippen LogP contribution in [0.1, 0.15) is 26.7 Å². The summed E-state index contributed by atoms with van der Waals surface area (Å²) in [6.07, 6.45) is 0.0862. The number of hydrogen-bond donors (Lipinski definition) is 4. The van der Waals surface area contributed by atoms with Gasteiger partial charge in [-0.3, -0.25) is 19.2 Å². The summed E-state index contributed by atoms with van der Waals surface area (Å²) < 4.78 is 0. The lowest BCUT2D eigenvalue weighted by Gasteiger charge is -2.47. The molecule has 32 heavy (non-hydrogen) atoms. The fourth-order valence-electron chi connectivity index (χ4n) is 4.72. The molecule has 0 radical (unpaired) electrons. The zero-order valence-electron chi connectivity index (χ0n) is 18.5. The number of nitrogens with two attached hydrogens (primary N) is 1. The third-order valence-corrected chi connectivity index (χ3v) is 7.69. The summed E-state index contributed by atoms with van der Waals surface area (Å²) >= 11 is 1.40. The molecular formula is C20H29N5O6S. The van der Waals surface area contributed by atoms with E-state index in [0.29, 0.717) is 17.9 Å². The number of carbonyl (C=O) groups is 5. The number of nitrogens with one attached hydrogen (secondary N) is 2. The molecule has 3 rings (SSSR count). The quantitative estimate of drug-likeness (QED) is 0.253. The summed E-state index contributed by atoms with van der Waals surface area (Å²) in [5.74, 6) is -3.75. The van der Waals surface area contributed by atoms with Gasteiger partial charge in [-0.25, -0.2) is 4.79 Å². The van der Waals surface area contributed by atoms with Crippen molar-refractivity contribution in [2.24, 2.45) is 17.6 Å². The lowest BCUT2D eigenvalue weighted by Crippen LogP contribution is -2.66. The van der Waals surface area contributed by atoms with Gasteiger partial charge >= 0.3 is 5.97 Å². The highest BCUT2D eigenvalue weighted by Crippen LogP contribution is 2.51. The topological polar surface area (TPSA) is 162 Å². The summed E-state index contributed by atoms with van der Waals surface area (Å²) in [7, 11) is 3.38. The number of carboxylic acid groups (broad SMARTS) is 1. The lowest BCUT2D eigenvalue weighted by atomic mass is 9.78. The van der Waals surface area contributed by atoms with Crippen LogP contribution in [0.5, 0.6) is 0 Å². The number of amides is 4. The van der Waals surface area contributed by atoms with Crippen LogP contribution < -0.4 is 16.4 Å². The van der Waals surface area contributed by atoms with E-state index in [4.69, 9.17) is 5.73 Å². The Bertz CT molecular complexity index is 890. The number of carbonyl (C=O) groups excluding carboxylic acids is 4. The van der Waals surface area contributed by atoms with Crippen molar-refractivity contribution in [3.63, 3.8) is 0 Å². The number of thioether (sulfide) groups is 1. The van der Waals surface area contributed by atoms with E-state index in [1.54, 1.807) is 21.0 Å². The van der Waals surface area contributed by atoms with Gasteiger partial charge in [0.15, 0.2) is 0 Å². The van der Waals surface area contributed by atoms with Crippen LogP contribution in [-0.2, 0) is 24.0 Å². The standard InChI is InChI=1S/C20H29N5O6S/c1-8-15-14(9(2)23-13(27)6-12(21)26)19(29)25(15)16(20(30)31)17(8)32-10-5-11(22-7-10)18(28)24(3)4/h8-11,14-15,22H,5-7H2,1-4H3,(H2,21,26)(H,23,27)(H,30,31)/t8?,9-,10+,11?,14-,15-/m1/s1. The number of primary amides is 1. The first kappa shape index (κ1) is 24.1. The summed E-state index contributed by atoms with van der Waals surface area (Å²) in [6, 6.07) is -1.29. The van der Waals surface area contributed by atoms with Gasteiger partial charge in [-0.1, -0.05) is 6.92 Å². The molecule has 2 unspecified atom stereocenters. The Morgan fingerprint density at radius 3 is 2.56 bits per heavy atom. The molecule has 0 aromatic heterocycles. The third kappa shape index (κ3) is 4.33. The molecule has 3 heterocycles. The van der Waals surface area contributed by atoms with Crippen LogP contribution in [0, 0.1) is 11.8 Å². The number of carboxylic acids is 1. The van der Waals surface area contributed by atoms with Gasteiger partial charge in [0.05, 0.1) is 18.0 Å². The number of rotatable bonds is 8. The summed E-state index contributed by atoms with van der Waals surface area (Å²) in [5.41, 5.74) is 5.02. The van der Waals surface area contributed by atoms with Gasteiger partial charge in [0.25, 0.3) is 0 Å². The average Bonchev–Trinajstić information content (AvgIpc) is 3.22. The molecule has 3 aliphatic heterocycles. The molecule has 2 saturated heterocycles. The molecule has 176 valence electrons. The molecule has 0 aliphatic carbocycles. The van der Waals surface area contributed by atoms with E-state index >= 15 is 0 Å². The van der Waals surface area contributed by atoms with Crippen molar-refractivity contribution in [2.45, 2.75) is 50.1 Å². The van der Waals surface area contributed by atoms with Gasteiger partial charge in [0.2, 0.25) is 23.6 Å². The summed E-state index contributed by atoms with van der Waals surface area (Å²) in [5, 5.41) is 15.6. The van der Waals surface area contributed by atoms with Gasteiger partial charge in [-0.05, 0) is 13.3 Å². The first-order chi connectivity index (χ1) is 14.9. The number of likely N-dealkylation sites (N-methyl/N-ethyl adjacent to an activating group) is 1. The minimum absolute atomic E-state index is 0.00403. The number of fused-ring (bicyclic) bond motifs is 1. The van der Waals surface area contributed by atoms with Gasteiger partial charge in [-0.2, -0.15) is 0 Å². The largest absolute Gasteiger partial charge is 0.477 e. The molecule has 3 aliphatic rings. The average molecular weight is 468 g/mol. The monoisotopic (exact) mass is 467 g/mol. The molecule has 0 bridgehead atoms. The van der Waals surface area contributed by atoms with E-state index in [2.05, 4.69) is 10.6 Å². The fraction of sp³-hybridized carbons (Fsp3) is 0.650. The van der Waals surface area contributed by atoms with E-state index < -0.39 is 42.2 Å². The lowest BCUT2D eigenvalue weighted by molar-refractivity contribution is -0.158. The Morgan fingerprint density at radius 1 is 1.34 bits per heavy atom. The maximum atomic E-state index is 12.9. The second-order valence-electron chi connectivity index (χ2n) is 8.70. The van der Waals surface area contributed by atoms with Gasteiger partial charge in [0.1, 0.15) is 12.1 Å². The van der Waals surface area contributed by atoms with E-state index in [9.17, 15) is 29.1 Å². The number of β-lactam (4-membered cyclic amide) rings is 1. The van der Waals surface area contributed by atoms with Gasteiger partial charge in [0, 0.05) is 42.8 Å². The van der Waals surface area contributed by atoms with Crippen molar-refractivity contribution < 1.29 is 29.1 Å². The predicted molar refractivity (Wildman–Crippen MR) is 116 cm³/mol. The van der Waals surface area contributed by atoms with Crippen LogP contribution in [0.3, 0.4) is 0 Å².